The van der Waals surface area contributed by atoms with Crippen LogP contribution in [0.4, 0.5) is 0 Å². The molecule has 1 nitrogen and oxygen atoms in total. The molecule has 0 heterocycles. The van der Waals surface area contributed by atoms with E-state index in [1.165, 1.54) is 34.9 Å². The molecule has 0 bridgehead atoms. The quantitative estimate of drug-likeness (QED) is 0.874. The SMILES string of the molecule is CNC(C)(C)C1CCc2cc(Br)ccc2C1. The van der Waals surface area contributed by atoms with Crippen molar-refractivity contribution in [1.29, 1.82) is 0 Å². The number of hydrogen-bond acceptors (Lipinski definition) is 1. The molecule has 0 aromatic heterocycles. The zero-order valence-corrected chi connectivity index (χ0v) is 11.9. The van der Waals surface area contributed by atoms with E-state index < -0.39 is 0 Å². The maximum atomic E-state index is 3.55. The molecule has 2 rings (SSSR count). The van der Waals surface area contributed by atoms with Gasteiger partial charge in [0, 0.05) is 10.0 Å². The normalized spacial score (nSPS) is 20.6. The summed E-state index contributed by atoms with van der Waals surface area (Å²) in [5, 5.41) is 3.44. The highest BCUT2D eigenvalue weighted by Gasteiger charge is 2.30. The molecule has 0 spiro atoms. The van der Waals surface area contributed by atoms with Crippen LogP contribution in [-0.4, -0.2) is 12.6 Å². The highest BCUT2D eigenvalue weighted by Crippen LogP contribution is 2.33. The highest BCUT2D eigenvalue weighted by atomic mass is 79.9. The summed E-state index contributed by atoms with van der Waals surface area (Å²) in [6.45, 7) is 4.61. The molecule has 1 N–H and O–H groups in total. The second-order valence-corrected chi connectivity index (χ2v) is 6.24. The van der Waals surface area contributed by atoms with Gasteiger partial charge in [-0.2, -0.15) is 0 Å². The Morgan fingerprint density at radius 2 is 2.06 bits per heavy atom. The van der Waals surface area contributed by atoms with E-state index in [-0.39, 0.29) is 5.54 Å². The van der Waals surface area contributed by atoms with Gasteiger partial charge in [-0.3, -0.25) is 0 Å². The lowest BCUT2D eigenvalue weighted by molar-refractivity contribution is 0.244. The molecule has 16 heavy (non-hydrogen) atoms. The molecular formula is C14H20BrN. The Bertz CT molecular complexity index is 384. The first-order valence-corrected chi connectivity index (χ1v) is 6.78. The lowest BCUT2D eigenvalue weighted by atomic mass is 9.74. The number of nitrogens with one attached hydrogen (secondary N) is 1. The topological polar surface area (TPSA) is 12.0 Å². The first-order chi connectivity index (χ1) is 7.53. The second-order valence-electron chi connectivity index (χ2n) is 5.32. The fourth-order valence-corrected chi connectivity index (χ4v) is 2.95. The van der Waals surface area contributed by atoms with Gasteiger partial charge in [0.25, 0.3) is 0 Å². The lowest BCUT2D eigenvalue weighted by Gasteiger charge is -2.37. The van der Waals surface area contributed by atoms with E-state index in [9.17, 15) is 0 Å². The largest absolute Gasteiger partial charge is 0.315 e. The number of benzene rings is 1. The van der Waals surface area contributed by atoms with Gasteiger partial charge in [0.05, 0.1) is 0 Å². The molecule has 0 aliphatic heterocycles. The molecule has 1 aromatic carbocycles. The molecule has 1 atom stereocenters. The standard InChI is InChI=1S/C14H20BrN/c1-14(2,16-3)12-6-4-11-9-13(15)7-5-10(11)8-12/h5,7,9,12,16H,4,6,8H2,1-3H3. The summed E-state index contributed by atoms with van der Waals surface area (Å²) < 4.78 is 1.21. The third-order valence-electron chi connectivity index (χ3n) is 4.06. The minimum absolute atomic E-state index is 0.241. The lowest BCUT2D eigenvalue weighted by Crippen LogP contribution is -2.46. The van der Waals surface area contributed by atoms with Crippen LogP contribution < -0.4 is 5.32 Å². The smallest absolute Gasteiger partial charge is 0.0178 e. The molecule has 1 aromatic rings. The Kier molecular flexibility index (Phi) is 3.41. The van der Waals surface area contributed by atoms with Crippen LogP contribution in [0.3, 0.4) is 0 Å². The average Bonchev–Trinajstić information content (AvgIpc) is 2.28. The predicted molar refractivity (Wildman–Crippen MR) is 72.8 cm³/mol. The summed E-state index contributed by atoms with van der Waals surface area (Å²) in [4.78, 5) is 0. The van der Waals surface area contributed by atoms with Gasteiger partial charge in [-0.05, 0) is 69.3 Å². The molecule has 0 amide bonds. The zero-order chi connectivity index (χ0) is 11.8. The van der Waals surface area contributed by atoms with Crippen LogP contribution in [0.25, 0.3) is 0 Å². The predicted octanol–water partition coefficient (Wildman–Crippen LogP) is 3.55. The summed E-state index contributed by atoms with van der Waals surface area (Å²) >= 11 is 3.55. The van der Waals surface area contributed by atoms with Crippen molar-refractivity contribution in [3.8, 4) is 0 Å². The molecule has 1 aliphatic rings. The minimum Gasteiger partial charge on any atom is -0.315 e. The van der Waals surface area contributed by atoms with Crippen LogP contribution in [0, 0.1) is 5.92 Å². The Hall–Kier alpha value is -0.340. The monoisotopic (exact) mass is 281 g/mol. The molecular weight excluding hydrogens is 262 g/mol. The zero-order valence-electron chi connectivity index (χ0n) is 10.3. The second kappa shape index (κ2) is 4.50. The maximum absolute atomic E-state index is 3.55. The number of aryl methyl sites for hydroxylation is 1. The van der Waals surface area contributed by atoms with Crippen molar-refractivity contribution >= 4 is 15.9 Å². The van der Waals surface area contributed by atoms with Crippen LogP contribution in [0.2, 0.25) is 0 Å². The van der Waals surface area contributed by atoms with Gasteiger partial charge in [0.15, 0.2) is 0 Å². The average molecular weight is 282 g/mol. The van der Waals surface area contributed by atoms with Crippen molar-refractivity contribution < 1.29 is 0 Å². The van der Waals surface area contributed by atoms with Gasteiger partial charge in [-0.15, -0.1) is 0 Å². The van der Waals surface area contributed by atoms with Crippen molar-refractivity contribution in [3.63, 3.8) is 0 Å². The highest BCUT2D eigenvalue weighted by molar-refractivity contribution is 9.10. The number of hydrogen-bond donors (Lipinski definition) is 1. The van der Waals surface area contributed by atoms with E-state index >= 15 is 0 Å². The summed E-state index contributed by atoms with van der Waals surface area (Å²) in [5.41, 5.74) is 3.30. The van der Waals surface area contributed by atoms with E-state index in [1.54, 1.807) is 0 Å². The summed E-state index contributed by atoms with van der Waals surface area (Å²) in [6, 6.07) is 6.71. The third kappa shape index (κ3) is 2.33. The molecule has 1 unspecified atom stereocenters. The number of halogens is 1. The molecule has 1 aliphatic carbocycles. The van der Waals surface area contributed by atoms with Gasteiger partial charge in [0.1, 0.15) is 0 Å². The van der Waals surface area contributed by atoms with Gasteiger partial charge in [-0.25, -0.2) is 0 Å². The fraction of sp³-hybridized carbons (Fsp3) is 0.571. The Labute approximate surface area is 107 Å². The van der Waals surface area contributed by atoms with Crippen LogP contribution in [0.15, 0.2) is 22.7 Å². The minimum atomic E-state index is 0.241. The molecule has 88 valence electrons. The van der Waals surface area contributed by atoms with E-state index in [1.807, 2.05) is 0 Å². The van der Waals surface area contributed by atoms with E-state index in [0.29, 0.717) is 0 Å². The number of fused-ring (bicyclic) bond motifs is 1. The van der Waals surface area contributed by atoms with Crippen molar-refractivity contribution in [1.82, 2.24) is 5.32 Å². The summed E-state index contributed by atoms with van der Waals surface area (Å²) in [5.74, 6) is 0.742. The molecule has 0 radical (unpaired) electrons. The van der Waals surface area contributed by atoms with Crippen LogP contribution in [0.5, 0.6) is 0 Å². The van der Waals surface area contributed by atoms with Crippen LogP contribution in [-0.2, 0) is 12.8 Å². The Morgan fingerprint density at radius 1 is 1.31 bits per heavy atom. The molecule has 0 fully saturated rings. The van der Waals surface area contributed by atoms with Crippen LogP contribution >= 0.6 is 15.9 Å². The maximum Gasteiger partial charge on any atom is 0.0178 e. The van der Waals surface area contributed by atoms with Crippen molar-refractivity contribution in [3.05, 3.63) is 33.8 Å². The fourth-order valence-electron chi connectivity index (χ4n) is 2.54. The third-order valence-corrected chi connectivity index (χ3v) is 4.55. The molecule has 0 saturated heterocycles. The van der Waals surface area contributed by atoms with E-state index in [2.05, 4.69) is 60.3 Å². The first kappa shape index (κ1) is 12.1. The number of rotatable bonds is 2. The van der Waals surface area contributed by atoms with Crippen molar-refractivity contribution in [2.75, 3.05) is 7.05 Å². The van der Waals surface area contributed by atoms with Crippen molar-refractivity contribution in [2.24, 2.45) is 5.92 Å². The van der Waals surface area contributed by atoms with Gasteiger partial charge in [0.2, 0.25) is 0 Å². The van der Waals surface area contributed by atoms with E-state index in [0.717, 1.165) is 5.92 Å². The molecule has 2 heteroatoms. The summed E-state index contributed by atoms with van der Waals surface area (Å²) in [6.07, 6.45) is 3.71. The Balaban J connectivity index is 2.21. The Morgan fingerprint density at radius 3 is 2.75 bits per heavy atom. The van der Waals surface area contributed by atoms with Gasteiger partial charge < -0.3 is 5.32 Å². The van der Waals surface area contributed by atoms with E-state index in [4.69, 9.17) is 0 Å². The molecule has 0 saturated carbocycles. The van der Waals surface area contributed by atoms with Crippen LogP contribution in [0.1, 0.15) is 31.4 Å². The van der Waals surface area contributed by atoms with Crippen molar-refractivity contribution in [2.45, 2.75) is 38.6 Å². The van der Waals surface area contributed by atoms with Gasteiger partial charge in [-0.1, -0.05) is 22.0 Å². The van der Waals surface area contributed by atoms with Gasteiger partial charge >= 0.3 is 0 Å². The first-order valence-electron chi connectivity index (χ1n) is 5.99. The summed E-state index contributed by atoms with van der Waals surface area (Å²) in [7, 11) is 2.07.